The van der Waals surface area contributed by atoms with E-state index in [2.05, 4.69) is 10.3 Å². The average molecular weight is 481 g/mol. The number of nitrogens with zero attached hydrogens (tertiary/aromatic N) is 1. The van der Waals surface area contributed by atoms with Gasteiger partial charge in [0.2, 0.25) is 6.10 Å². The highest BCUT2D eigenvalue weighted by Crippen LogP contribution is 2.32. The van der Waals surface area contributed by atoms with Crippen molar-refractivity contribution >= 4 is 29.2 Å². The Labute approximate surface area is 190 Å². The van der Waals surface area contributed by atoms with Gasteiger partial charge < -0.3 is 19.9 Å². The summed E-state index contributed by atoms with van der Waals surface area (Å²) in [6.45, 7) is 0.158. The predicted molar refractivity (Wildman–Crippen MR) is 113 cm³/mol. The van der Waals surface area contributed by atoms with E-state index in [1.54, 1.807) is 36.7 Å². The second-order valence-electron chi connectivity index (χ2n) is 6.59. The van der Waals surface area contributed by atoms with Crippen molar-refractivity contribution in [1.29, 1.82) is 0 Å². The number of hydrogen-bond acceptors (Lipinski definition) is 5. The van der Waals surface area contributed by atoms with Crippen molar-refractivity contribution in [3.63, 3.8) is 0 Å². The second-order valence-corrected chi connectivity index (χ2v) is 6.99. The van der Waals surface area contributed by atoms with Crippen LogP contribution in [0.15, 0.2) is 67.0 Å². The third-order valence-electron chi connectivity index (χ3n) is 4.27. The van der Waals surface area contributed by atoms with Gasteiger partial charge in [0.05, 0.1) is 5.02 Å². The Bertz CT molecular complexity index is 1140. The minimum atomic E-state index is -5.08. The minimum Gasteiger partial charge on any atom is -0.485 e. The van der Waals surface area contributed by atoms with E-state index in [9.17, 15) is 18.0 Å². The van der Waals surface area contributed by atoms with Gasteiger partial charge in [-0.3, -0.25) is 9.78 Å². The molecule has 7 nitrogen and oxygen atoms in total. The summed E-state index contributed by atoms with van der Waals surface area (Å²) in [6, 6.07) is 16.4. The van der Waals surface area contributed by atoms with Crippen molar-refractivity contribution < 1.29 is 37.3 Å². The van der Waals surface area contributed by atoms with Gasteiger partial charge in [0.15, 0.2) is 11.5 Å². The molecule has 1 atom stereocenters. The molecule has 1 aliphatic heterocycles. The molecule has 0 radical (unpaired) electrons. The highest BCUT2D eigenvalue weighted by atomic mass is 35.5. The van der Waals surface area contributed by atoms with Gasteiger partial charge in [0.1, 0.15) is 6.61 Å². The lowest BCUT2D eigenvalue weighted by Crippen LogP contribution is -2.40. The highest BCUT2D eigenvalue weighted by molar-refractivity contribution is 6.33. The van der Waals surface area contributed by atoms with Crippen LogP contribution in [0.25, 0.3) is 11.1 Å². The molecule has 1 amide bonds. The van der Waals surface area contributed by atoms with Crippen LogP contribution in [0.5, 0.6) is 11.5 Å². The monoisotopic (exact) mass is 480 g/mol. The van der Waals surface area contributed by atoms with Crippen molar-refractivity contribution in [1.82, 2.24) is 4.98 Å². The van der Waals surface area contributed by atoms with Crippen molar-refractivity contribution in [2.45, 2.75) is 12.3 Å². The topological polar surface area (TPSA) is 97.8 Å². The van der Waals surface area contributed by atoms with Crippen LogP contribution in [-0.2, 0) is 9.59 Å². The smallest absolute Gasteiger partial charge is 0.485 e. The normalized spacial score (nSPS) is 14.5. The first-order valence-corrected chi connectivity index (χ1v) is 9.72. The number of para-hydroxylation sites is 2. The standard InChI is InChI=1S/C20H15ClN2O3.C2HF3O2/c21-16-11-14(5-6-15(16)13-7-9-22-10-8-13)23-20(24)19-12-25-17-3-1-2-4-18(17)26-19;3-2(4,5)1(6)7/h1-11,19H,12H2,(H,23,24);(H,6,7)/t19-;/m1./s1. The lowest BCUT2D eigenvalue weighted by Gasteiger charge is -2.25. The molecule has 0 saturated carbocycles. The molecule has 11 heteroatoms. The number of anilines is 1. The van der Waals surface area contributed by atoms with Gasteiger partial charge in [-0.1, -0.05) is 29.8 Å². The van der Waals surface area contributed by atoms with Gasteiger partial charge in [0, 0.05) is 23.6 Å². The van der Waals surface area contributed by atoms with Gasteiger partial charge >= 0.3 is 12.1 Å². The number of ether oxygens (including phenoxy) is 2. The molecule has 0 fully saturated rings. The van der Waals surface area contributed by atoms with Crippen LogP contribution in [0.1, 0.15) is 0 Å². The van der Waals surface area contributed by atoms with E-state index in [1.807, 2.05) is 30.3 Å². The summed E-state index contributed by atoms with van der Waals surface area (Å²) >= 11 is 6.37. The van der Waals surface area contributed by atoms with Crippen LogP contribution in [-0.4, -0.2) is 40.9 Å². The lowest BCUT2D eigenvalue weighted by molar-refractivity contribution is -0.192. The molecule has 2 N–H and O–H groups in total. The van der Waals surface area contributed by atoms with Crippen LogP contribution in [0.4, 0.5) is 18.9 Å². The molecular formula is C22H16ClF3N2O5. The van der Waals surface area contributed by atoms with E-state index >= 15 is 0 Å². The molecule has 0 spiro atoms. The lowest BCUT2D eigenvalue weighted by atomic mass is 10.1. The van der Waals surface area contributed by atoms with Gasteiger partial charge in [0.25, 0.3) is 5.91 Å². The Morgan fingerprint density at radius 2 is 1.70 bits per heavy atom. The largest absolute Gasteiger partial charge is 0.490 e. The Balaban J connectivity index is 0.000000383. The first-order valence-electron chi connectivity index (χ1n) is 9.34. The fourth-order valence-electron chi connectivity index (χ4n) is 2.73. The molecule has 0 unspecified atom stereocenters. The number of benzene rings is 2. The summed E-state index contributed by atoms with van der Waals surface area (Å²) in [5.41, 5.74) is 2.43. The summed E-state index contributed by atoms with van der Waals surface area (Å²) in [5.74, 6) is -1.84. The van der Waals surface area contributed by atoms with Crippen LogP contribution < -0.4 is 14.8 Å². The van der Waals surface area contributed by atoms with Crippen molar-refractivity contribution in [3.8, 4) is 22.6 Å². The Morgan fingerprint density at radius 3 is 2.30 bits per heavy atom. The Morgan fingerprint density at radius 1 is 1.06 bits per heavy atom. The SMILES string of the molecule is O=C(Nc1ccc(-c2ccncc2)c(Cl)c1)[C@H]1COc2ccccc2O1.O=C(O)C(F)(F)F. The zero-order valence-corrected chi connectivity index (χ0v) is 17.4. The molecule has 2 heterocycles. The number of amides is 1. The molecule has 0 bridgehead atoms. The van der Waals surface area contributed by atoms with Crippen LogP contribution in [0.3, 0.4) is 0 Å². The van der Waals surface area contributed by atoms with E-state index in [4.69, 9.17) is 31.0 Å². The fourth-order valence-corrected chi connectivity index (χ4v) is 3.02. The summed E-state index contributed by atoms with van der Waals surface area (Å²) in [6.07, 6.45) is -2.39. The number of carbonyl (C=O) groups excluding carboxylic acids is 1. The van der Waals surface area contributed by atoms with Gasteiger partial charge in [-0.05, 0) is 42.0 Å². The van der Waals surface area contributed by atoms with Crippen LogP contribution in [0.2, 0.25) is 5.02 Å². The number of alkyl halides is 3. The number of carbonyl (C=O) groups is 2. The maximum absolute atomic E-state index is 12.5. The van der Waals surface area contributed by atoms with E-state index in [1.165, 1.54) is 0 Å². The first kappa shape index (κ1) is 23.9. The van der Waals surface area contributed by atoms with Crippen LogP contribution >= 0.6 is 11.6 Å². The number of rotatable bonds is 3. The number of carboxylic acid groups (broad SMARTS) is 1. The molecule has 4 rings (SSSR count). The highest BCUT2D eigenvalue weighted by Gasteiger charge is 2.38. The average Bonchev–Trinajstić information content (AvgIpc) is 2.79. The Kier molecular flexibility index (Phi) is 7.39. The van der Waals surface area contributed by atoms with Gasteiger partial charge in [-0.2, -0.15) is 13.2 Å². The maximum Gasteiger partial charge on any atom is 0.490 e. The zero-order valence-electron chi connectivity index (χ0n) is 16.7. The van der Waals surface area contributed by atoms with E-state index in [-0.39, 0.29) is 12.5 Å². The van der Waals surface area contributed by atoms with Crippen LogP contribution in [0, 0.1) is 0 Å². The minimum absolute atomic E-state index is 0.158. The number of aromatic nitrogens is 1. The molecule has 3 aromatic rings. The van der Waals surface area contributed by atoms with Crippen molar-refractivity contribution in [2.75, 3.05) is 11.9 Å². The molecule has 1 aromatic heterocycles. The third-order valence-corrected chi connectivity index (χ3v) is 4.58. The van der Waals surface area contributed by atoms with Gasteiger partial charge in [-0.25, -0.2) is 4.79 Å². The van der Waals surface area contributed by atoms with Crippen molar-refractivity contribution in [2.24, 2.45) is 0 Å². The van der Waals surface area contributed by atoms with Gasteiger partial charge in [-0.15, -0.1) is 0 Å². The second kappa shape index (κ2) is 10.2. The zero-order chi connectivity index (χ0) is 24.0. The predicted octanol–water partition coefficient (Wildman–Crippen LogP) is 4.81. The molecule has 0 aliphatic carbocycles. The third kappa shape index (κ3) is 6.36. The first-order chi connectivity index (χ1) is 15.6. The van der Waals surface area contributed by atoms with E-state index in [0.29, 0.717) is 22.2 Å². The molecule has 33 heavy (non-hydrogen) atoms. The number of halogens is 4. The number of fused-ring (bicyclic) bond motifs is 1. The molecule has 2 aromatic carbocycles. The number of nitrogens with one attached hydrogen (secondary N) is 1. The maximum atomic E-state index is 12.5. The number of carboxylic acids is 1. The summed E-state index contributed by atoms with van der Waals surface area (Å²) < 4.78 is 43.0. The summed E-state index contributed by atoms with van der Waals surface area (Å²) in [7, 11) is 0. The Hall–Kier alpha value is -3.79. The molecule has 172 valence electrons. The molecule has 1 aliphatic rings. The quantitative estimate of drug-likeness (QED) is 0.558. The number of pyridine rings is 1. The van der Waals surface area contributed by atoms with Crippen molar-refractivity contribution in [3.05, 3.63) is 72.0 Å². The van der Waals surface area contributed by atoms with E-state index < -0.39 is 18.2 Å². The van der Waals surface area contributed by atoms with E-state index in [0.717, 1.165) is 11.1 Å². The molecular weight excluding hydrogens is 465 g/mol. The number of aliphatic carboxylic acids is 1. The fraction of sp³-hybridized carbons (Fsp3) is 0.136. The summed E-state index contributed by atoms with van der Waals surface area (Å²) in [5, 5.41) is 10.5. The molecule has 0 saturated heterocycles. The number of hydrogen-bond donors (Lipinski definition) is 2. The summed E-state index contributed by atoms with van der Waals surface area (Å²) in [4.78, 5) is 25.4.